The van der Waals surface area contributed by atoms with Crippen molar-refractivity contribution >= 4 is 47.8 Å². The molecule has 27 nitrogen and oxygen atoms in total. The van der Waals surface area contributed by atoms with Gasteiger partial charge in [0.15, 0.2) is 61.8 Å². The van der Waals surface area contributed by atoms with E-state index in [1.165, 1.54) is 97.1 Å². The van der Waals surface area contributed by atoms with Gasteiger partial charge in [0.25, 0.3) is 0 Å². The van der Waals surface area contributed by atoms with E-state index in [1.807, 2.05) is 0 Å². The molecule has 13 rings (SSSR count). The van der Waals surface area contributed by atoms with Crippen molar-refractivity contribution in [1.29, 1.82) is 0 Å². The van der Waals surface area contributed by atoms with Crippen molar-refractivity contribution in [3.63, 3.8) is 0 Å². The van der Waals surface area contributed by atoms with Crippen molar-refractivity contribution in [1.82, 2.24) is 0 Å². The van der Waals surface area contributed by atoms with Crippen molar-refractivity contribution in [3.8, 4) is 0 Å². The first kappa shape index (κ1) is 76.9. The lowest BCUT2D eigenvalue weighted by Crippen LogP contribution is -2.69. The van der Waals surface area contributed by atoms with Crippen LogP contribution < -0.4 is 0 Å². The van der Waals surface area contributed by atoms with E-state index in [2.05, 4.69) is 10.0 Å². The second-order valence-electron chi connectivity index (χ2n) is 25.5. The normalized spacial score (nSPS) is 24.6. The molecule has 0 aliphatic carbocycles. The van der Waals surface area contributed by atoms with Crippen molar-refractivity contribution < 1.29 is 114 Å². The molecule has 0 bridgehead atoms. The summed E-state index contributed by atoms with van der Waals surface area (Å²) in [6.07, 6.45) is -29.1. The molecule has 0 saturated carbocycles. The summed E-state index contributed by atoms with van der Waals surface area (Å²) in [4.78, 5) is 121. The highest BCUT2D eigenvalue weighted by atomic mass is 16.8. The van der Waals surface area contributed by atoms with Crippen LogP contribution in [-0.4, -0.2) is 173 Å². The minimum atomic E-state index is -2.15. The van der Waals surface area contributed by atoms with Gasteiger partial charge in [0.2, 0.25) is 0 Å². The Hall–Kier alpha value is -12.3. The number of carbonyl (C=O) groups is 8. The van der Waals surface area contributed by atoms with E-state index in [0.717, 1.165) is 0 Å². The summed E-state index contributed by atoms with van der Waals surface area (Å²) in [5.41, 5.74) is 9.82. The van der Waals surface area contributed by atoms with E-state index in [4.69, 9.17) is 75.8 Å². The molecule has 0 radical (unpaired) electrons. The Kier molecular flexibility index (Phi) is 26.1. The number of ether oxygens (including phenoxy) is 16. The fraction of sp³-hybridized carbons (Fsp3) is 0.262. The number of hydrogen-bond acceptors (Lipinski definition) is 25. The van der Waals surface area contributed by atoms with Crippen molar-refractivity contribution in [2.75, 3.05) is 33.0 Å². The average Bonchev–Trinajstić information content (AvgIpc) is 0.749. The van der Waals surface area contributed by atoms with E-state index in [9.17, 15) is 29.5 Å². The lowest BCUT2D eigenvalue weighted by molar-refractivity contribution is -0.404. The number of carbonyl (C=O) groups excluding carboxylic acids is 8. The van der Waals surface area contributed by atoms with Gasteiger partial charge in [-0.3, -0.25) is 0 Å². The van der Waals surface area contributed by atoms with Gasteiger partial charge in [0, 0.05) is 17.0 Å². The number of azide groups is 1. The van der Waals surface area contributed by atoms with Crippen LogP contribution in [0.1, 0.15) is 101 Å². The van der Waals surface area contributed by atoms with Gasteiger partial charge in [-0.15, -0.1) is 0 Å². The van der Waals surface area contributed by atoms with Crippen LogP contribution in [0.3, 0.4) is 0 Å². The van der Waals surface area contributed by atoms with Gasteiger partial charge < -0.3 is 75.8 Å². The Morgan fingerprint density at radius 3 is 1.05 bits per heavy atom. The Labute approximate surface area is 635 Å². The van der Waals surface area contributed by atoms with E-state index >= 15 is 14.4 Å². The Balaban J connectivity index is 0.984. The van der Waals surface area contributed by atoms with Gasteiger partial charge in [0.1, 0.15) is 49.8 Å². The zero-order valence-corrected chi connectivity index (χ0v) is 59.1. The molecule has 9 aromatic carbocycles. The zero-order valence-electron chi connectivity index (χ0n) is 59.1. The molecule has 1 unspecified atom stereocenters. The van der Waals surface area contributed by atoms with Crippen LogP contribution in [0.5, 0.6) is 0 Å². The monoisotopic (exact) mass is 1510 g/mol. The number of hydrogen-bond donors (Lipinski definition) is 0. The summed E-state index contributed by atoms with van der Waals surface area (Å²) in [6.45, 7) is -2.24. The van der Waals surface area contributed by atoms with Gasteiger partial charge >= 0.3 is 47.8 Å². The first-order chi connectivity index (χ1) is 54.3. The molecule has 0 amide bonds. The Bertz CT molecular complexity index is 4640. The Morgan fingerprint density at radius 1 is 0.342 bits per heavy atom. The highest BCUT2D eigenvalue weighted by molar-refractivity contribution is 5.93. The highest BCUT2D eigenvalue weighted by Crippen LogP contribution is 2.43. The van der Waals surface area contributed by atoms with Crippen LogP contribution in [0.15, 0.2) is 278 Å². The number of benzene rings is 9. The van der Waals surface area contributed by atoms with Crippen molar-refractivity contribution in [2.24, 2.45) is 5.11 Å². The van der Waals surface area contributed by atoms with Gasteiger partial charge in [-0.25, -0.2) is 38.4 Å². The van der Waals surface area contributed by atoms with Gasteiger partial charge in [-0.1, -0.05) is 181 Å². The third-order valence-corrected chi connectivity index (χ3v) is 18.2. The maximum Gasteiger partial charge on any atom is 0.338 e. The zero-order chi connectivity index (χ0) is 76.8. The SMILES string of the molecule is [N-]=[N+]=NCCCO[C@@H]1O[C@H](COC(=O)c2ccccc2)[C@@H](O[C@@H]2O[C@@H]3COC(c4ccccc4)O[C@H]3[C@H](O[C@@H]3O[C@H](COC(=O)c4ccccc4)[C@@H](OC(=O)c4ccccc4)[C@H](OC(=O)c4ccccc4)[C@H]3OC(=O)c3ccccc3)[C@H]2OC(=O)c2ccccc2)[C@H](OC(=O)c2ccccc2)[C@H]1OC(=O)c1ccccc1. The van der Waals surface area contributed by atoms with Gasteiger partial charge in [-0.2, -0.15) is 0 Å². The molecule has 9 aromatic rings. The first-order valence-corrected chi connectivity index (χ1v) is 35.6. The quantitative estimate of drug-likeness (QED) is 0.0110. The molecule has 568 valence electrons. The standard InChI is InChI=1S/C84H73N3O24/c85-87-86-47-28-48-96-82-70(106-78(93)57-39-20-6-21-40-57)68(105-77(92)56-37-18-5-19-38-56)65(62(100-82)50-98-74(89)53-31-12-2-13-32-53)110-83-72(108-80(95)59-43-24-8-25-44-59)69(66-63(102-83)51-99-81(109-66)60-45-26-9-27-46-60)111-84-71(107-79(94)58-41-22-7-23-42-58)67(104-76(91)55-35-16-4-17-36-55)64(103-75(90)54-33-14-3-15-34-54)61(101-84)49-97-73(88)52-29-10-1-11-30-52/h1-27,29-46,61-72,81-84H,28,47-51H2/t61-,62-,63-,64-,65-,66-,67+,68+,69+,70-,71-,72-,81?,82-,83+,84+/m1/s1. The van der Waals surface area contributed by atoms with Gasteiger partial charge in [0.05, 0.1) is 57.7 Å². The number of fused-ring (bicyclic) bond motifs is 1. The lowest BCUT2D eigenvalue weighted by Gasteiger charge is -2.52. The molecule has 4 aliphatic heterocycles. The summed E-state index contributed by atoms with van der Waals surface area (Å²) in [5.74, 6) is -7.87. The summed E-state index contributed by atoms with van der Waals surface area (Å²) in [5, 5.41) is 3.63. The number of esters is 8. The van der Waals surface area contributed by atoms with Crippen molar-refractivity contribution in [3.05, 3.63) is 334 Å². The Morgan fingerprint density at radius 2 is 0.649 bits per heavy atom. The molecule has 4 fully saturated rings. The highest BCUT2D eigenvalue weighted by Gasteiger charge is 2.61. The summed E-state index contributed by atoms with van der Waals surface area (Å²) >= 11 is 0. The van der Waals surface area contributed by atoms with Crippen molar-refractivity contribution in [2.45, 2.75) is 105 Å². The molecular formula is C84H73N3O24. The van der Waals surface area contributed by atoms with Crippen LogP contribution in [-0.2, 0) is 75.8 Å². The summed E-state index contributed by atoms with van der Waals surface area (Å²) in [6, 6.07) is 70.8. The second kappa shape index (κ2) is 37.7. The minimum Gasteiger partial charge on any atom is -0.459 e. The largest absolute Gasteiger partial charge is 0.459 e. The first-order valence-electron chi connectivity index (χ1n) is 35.6. The summed E-state index contributed by atoms with van der Waals surface area (Å²) in [7, 11) is 0. The fourth-order valence-corrected chi connectivity index (χ4v) is 12.7. The van der Waals surface area contributed by atoms with Gasteiger partial charge in [-0.05, 0) is 109 Å². The third-order valence-electron chi connectivity index (χ3n) is 18.2. The molecule has 4 heterocycles. The molecule has 4 aliphatic rings. The van der Waals surface area contributed by atoms with Crippen LogP contribution in [0.4, 0.5) is 0 Å². The van der Waals surface area contributed by atoms with Crippen LogP contribution in [0.25, 0.3) is 10.4 Å². The topological polar surface area (TPSA) is 333 Å². The van der Waals surface area contributed by atoms with E-state index < -0.39 is 159 Å². The van der Waals surface area contributed by atoms with E-state index in [0.29, 0.717) is 5.56 Å². The maximum absolute atomic E-state index is 15.4. The molecule has 0 N–H and O–H groups in total. The predicted molar refractivity (Wildman–Crippen MR) is 388 cm³/mol. The predicted octanol–water partition coefficient (Wildman–Crippen LogP) is 11.8. The number of rotatable bonds is 28. The molecule has 4 saturated heterocycles. The second-order valence-corrected chi connectivity index (χ2v) is 25.5. The smallest absolute Gasteiger partial charge is 0.338 e. The molecular weight excluding hydrogens is 1430 g/mol. The summed E-state index contributed by atoms with van der Waals surface area (Å²) < 4.78 is 106. The average molecular weight is 1510 g/mol. The number of nitrogens with zero attached hydrogens (tertiary/aromatic N) is 3. The van der Waals surface area contributed by atoms with Crippen LogP contribution in [0.2, 0.25) is 0 Å². The molecule has 0 spiro atoms. The third kappa shape index (κ3) is 19.6. The molecule has 111 heavy (non-hydrogen) atoms. The van der Waals surface area contributed by atoms with Crippen LogP contribution >= 0.6 is 0 Å². The van der Waals surface area contributed by atoms with E-state index in [-0.39, 0.29) is 70.7 Å². The lowest BCUT2D eigenvalue weighted by atomic mass is 9.94. The minimum absolute atomic E-state index is 0.00732. The molecule has 0 aromatic heterocycles. The fourth-order valence-electron chi connectivity index (χ4n) is 12.7. The van der Waals surface area contributed by atoms with Crippen LogP contribution in [0, 0.1) is 0 Å². The maximum atomic E-state index is 15.4. The molecule has 27 heteroatoms. The van der Waals surface area contributed by atoms with E-state index in [1.54, 1.807) is 176 Å². The molecule has 16 atom stereocenters.